The summed E-state index contributed by atoms with van der Waals surface area (Å²) in [7, 11) is 0. The average Bonchev–Trinajstić information content (AvgIpc) is 3.82. The molecule has 49 heavy (non-hydrogen) atoms. The molecule has 7 aromatic carbocycles. The molecule has 0 amide bonds. The van der Waals surface area contributed by atoms with E-state index in [0.29, 0.717) is 11.4 Å². The van der Waals surface area contributed by atoms with Gasteiger partial charge < -0.3 is 13.6 Å². The Bertz CT molecular complexity index is 3030. The maximum Gasteiger partial charge on any atom is 0.210 e. The zero-order chi connectivity index (χ0) is 32.6. The topological polar surface area (TPSA) is 31.7 Å². The average molecular weight is 625 g/mol. The Morgan fingerprint density at radius 2 is 0.918 bits per heavy atom. The molecule has 0 unspecified atom stereocenters. The minimum atomic E-state index is 0.552. The lowest BCUT2D eigenvalue weighted by atomic mass is 10.0. The quantitative estimate of drug-likeness (QED) is 0.180. The highest BCUT2D eigenvalue weighted by atomic mass is 16.3. The van der Waals surface area contributed by atoms with Gasteiger partial charge in [0, 0.05) is 26.9 Å². The number of fused-ring (bicyclic) bond motifs is 10. The summed E-state index contributed by atoms with van der Waals surface area (Å²) in [5.74, 6) is 0. The summed E-state index contributed by atoms with van der Waals surface area (Å²) in [5.41, 5.74) is 10.4. The zero-order valence-electron chi connectivity index (χ0n) is 26.1. The summed E-state index contributed by atoms with van der Waals surface area (Å²) in [6.45, 7) is 16.3. The Hall–Kier alpha value is -7.08. The van der Waals surface area contributed by atoms with Crippen molar-refractivity contribution in [1.29, 1.82) is 0 Å². The predicted octanol–water partition coefficient (Wildman–Crippen LogP) is 12.5. The summed E-state index contributed by atoms with van der Waals surface area (Å²) >= 11 is 0. The van der Waals surface area contributed by atoms with E-state index in [9.17, 15) is 0 Å². The molecule has 10 aromatic rings. The van der Waals surface area contributed by atoms with Crippen molar-refractivity contribution in [2.75, 3.05) is 0 Å². The van der Waals surface area contributed by atoms with Crippen LogP contribution in [0.3, 0.4) is 0 Å². The van der Waals surface area contributed by atoms with Gasteiger partial charge in [-0.1, -0.05) is 97.1 Å². The molecule has 0 fully saturated rings. The molecule has 3 heterocycles. The highest BCUT2D eigenvalue weighted by molar-refractivity contribution is 6.24. The van der Waals surface area contributed by atoms with Crippen LogP contribution < -0.4 is 0 Å². The standard InChI is InChI=1S/C44H24N4O/c1-45-34-22-19-27(25-39(34)47-36-15-7-3-11-29(36)30-12-4-8-16-37(30)47)28-20-23-35(46-2)40(26-28)48-38-17-9-5-13-31(38)32-21-24-42-43(44(32)48)33-14-6-10-18-41(33)49-42/h3-26H. The van der Waals surface area contributed by atoms with E-state index in [1.165, 1.54) is 0 Å². The van der Waals surface area contributed by atoms with Gasteiger partial charge in [0.05, 0.1) is 52.0 Å². The van der Waals surface area contributed by atoms with E-state index >= 15 is 0 Å². The molecule has 0 N–H and O–H groups in total. The summed E-state index contributed by atoms with van der Waals surface area (Å²) in [6, 6.07) is 49.4. The highest BCUT2D eigenvalue weighted by Crippen LogP contribution is 2.44. The van der Waals surface area contributed by atoms with Crippen molar-refractivity contribution in [1.82, 2.24) is 9.13 Å². The number of benzene rings is 7. The minimum absolute atomic E-state index is 0.552. The Kier molecular flexibility index (Phi) is 5.64. The van der Waals surface area contributed by atoms with E-state index in [0.717, 1.165) is 88.1 Å². The maximum absolute atomic E-state index is 8.23. The Labute approximate surface area is 280 Å². The van der Waals surface area contributed by atoms with Gasteiger partial charge in [-0.25, -0.2) is 9.69 Å². The molecular formula is C44H24N4O. The molecule has 0 aliphatic rings. The largest absolute Gasteiger partial charge is 0.456 e. The van der Waals surface area contributed by atoms with Gasteiger partial charge in [0.1, 0.15) is 11.2 Å². The van der Waals surface area contributed by atoms with E-state index in [1.54, 1.807) is 0 Å². The van der Waals surface area contributed by atoms with Crippen molar-refractivity contribution >= 4 is 76.9 Å². The van der Waals surface area contributed by atoms with E-state index in [2.05, 4.69) is 104 Å². The van der Waals surface area contributed by atoms with Gasteiger partial charge in [0.15, 0.2) is 0 Å². The number of nitrogens with zero attached hydrogens (tertiary/aromatic N) is 4. The third-order valence-corrected chi connectivity index (χ3v) is 9.76. The van der Waals surface area contributed by atoms with Gasteiger partial charge in [-0.2, -0.15) is 0 Å². The molecule has 0 radical (unpaired) electrons. The van der Waals surface area contributed by atoms with Crippen LogP contribution in [0.2, 0.25) is 0 Å². The maximum atomic E-state index is 8.23. The van der Waals surface area contributed by atoms with Gasteiger partial charge in [-0.05, 0) is 59.7 Å². The van der Waals surface area contributed by atoms with E-state index in [-0.39, 0.29) is 0 Å². The van der Waals surface area contributed by atoms with Crippen LogP contribution in [0, 0.1) is 13.1 Å². The van der Waals surface area contributed by atoms with E-state index < -0.39 is 0 Å². The molecule has 0 saturated carbocycles. The second kappa shape index (κ2) is 10.2. The fourth-order valence-electron chi connectivity index (χ4n) is 7.65. The van der Waals surface area contributed by atoms with Gasteiger partial charge in [-0.3, -0.25) is 0 Å². The molecule has 226 valence electrons. The molecule has 10 rings (SSSR count). The Morgan fingerprint density at radius 1 is 0.429 bits per heavy atom. The van der Waals surface area contributed by atoms with Crippen LogP contribution in [0.4, 0.5) is 11.4 Å². The third-order valence-electron chi connectivity index (χ3n) is 9.76. The lowest BCUT2D eigenvalue weighted by Crippen LogP contribution is -1.97. The van der Waals surface area contributed by atoms with Gasteiger partial charge in [-0.15, -0.1) is 0 Å². The first kappa shape index (κ1) is 27.1. The number of rotatable bonds is 3. The minimum Gasteiger partial charge on any atom is -0.456 e. The first-order valence-electron chi connectivity index (χ1n) is 16.1. The second-order valence-corrected chi connectivity index (χ2v) is 12.3. The van der Waals surface area contributed by atoms with Crippen LogP contribution in [0.25, 0.3) is 97.7 Å². The number of aromatic nitrogens is 2. The Balaban J connectivity index is 1.26. The van der Waals surface area contributed by atoms with Crippen LogP contribution in [-0.2, 0) is 0 Å². The molecule has 0 saturated heterocycles. The third kappa shape index (κ3) is 3.79. The highest BCUT2D eigenvalue weighted by Gasteiger charge is 2.21. The SMILES string of the molecule is [C-]#[N+]c1ccc(-c2ccc([N+]#[C-])c(-n3c4ccccc4c4ccc5oc6ccccc6c5c43)c2)cc1-n1c2ccccc2c2ccccc21. The van der Waals surface area contributed by atoms with E-state index in [1.807, 2.05) is 60.7 Å². The monoisotopic (exact) mass is 624 g/mol. The zero-order valence-corrected chi connectivity index (χ0v) is 26.1. The van der Waals surface area contributed by atoms with Crippen LogP contribution in [-0.4, -0.2) is 9.13 Å². The molecule has 5 heteroatoms. The summed E-state index contributed by atoms with van der Waals surface area (Å²) in [4.78, 5) is 7.97. The van der Waals surface area contributed by atoms with Crippen molar-refractivity contribution in [3.05, 3.63) is 168 Å². The first-order valence-corrected chi connectivity index (χ1v) is 16.1. The van der Waals surface area contributed by atoms with Crippen LogP contribution >= 0.6 is 0 Å². The van der Waals surface area contributed by atoms with Crippen LogP contribution in [0.5, 0.6) is 0 Å². The van der Waals surface area contributed by atoms with Gasteiger partial charge >= 0.3 is 0 Å². The van der Waals surface area contributed by atoms with Crippen LogP contribution in [0.15, 0.2) is 150 Å². The number of hydrogen-bond acceptors (Lipinski definition) is 1. The molecule has 0 aliphatic heterocycles. The number of para-hydroxylation sites is 4. The Morgan fingerprint density at radius 3 is 1.51 bits per heavy atom. The van der Waals surface area contributed by atoms with Crippen molar-refractivity contribution in [3.8, 4) is 22.5 Å². The summed E-state index contributed by atoms with van der Waals surface area (Å²) < 4.78 is 10.8. The summed E-state index contributed by atoms with van der Waals surface area (Å²) in [5, 5.41) is 6.58. The van der Waals surface area contributed by atoms with Crippen LogP contribution in [0.1, 0.15) is 0 Å². The van der Waals surface area contributed by atoms with Crippen molar-refractivity contribution in [2.24, 2.45) is 0 Å². The fraction of sp³-hybridized carbons (Fsp3) is 0. The van der Waals surface area contributed by atoms with Crippen molar-refractivity contribution in [2.45, 2.75) is 0 Å². The molecule has 0 aliphatic carbocycles. The molecule has 0 bridgehead atoms. The first-order chi connectivity index (χ1) is 24.2. The lowest BCUT2D eigenvalue weighted by molar-refractivity contribution is 0.669. The predicted molar refractivity (Wildman–Crippen MR) is 200 cm³/mol. The molecule has 3 aromatic heterocycles. The van der Waals surface area contributed by atoms with Crippen molar-refractivity contribution in [3.63, 3.8) is 0 Å². The summed E-state index contributed by atoms with van der Waals surface area (Å²) in [6.07, 6.45) is 0. The normalized spacial score (nSPS) is 11.6. The molecule has 0 spiro atoms. The molecular weight excluding hydrogens is 601 g/mol. The number of hydrogen-bond donors (Lipinski definition) is 0. The molecule has 0 atom stereocenters. The van der Waals surface area contributed by atoms with Gasteiger partial charge in [0.25, 0.3) is 0 Å². The lowest BCUT2D eigenvalue weighted by Gasteiger charge is -2.15. The van der Waals surface area contributed by atoms with Gasteiger partial charge in [0.2, 0.25) is 11.4 Å². The molecule has 5 nitrogen and oxygen atoms in total. The number of furan rings is 1. The smallest absolute Gasteiger partial charge is 0.210 e. The van der Waals surface area contributed by atoms with Crippen molar-refractivity contribution < 1.29 is 4.42 Å². The van der Waals surface area contributed by atoms with E-state index in [4.69, 9.17) is 17.6 Å². The second-order valence-electron chi connectivity index (χ2n) is 12.3. The fourth-order valence-corrected chi connectivity index (χ4v) is 7.65.